The molecule has 0 aliphatic carbocycles. The molecule has 2 aromatic rings. The van der Waals surface area contributed by atoms with E-state index in [1.807, 2.05) is 4.90 Å². The quantitative estimate of drug-likeness (QED) is 0.382. The molecule has 0 aromatic heterocycles. The highest BCUT2D eigenvalue weighted by Crippen LogP contribution is 2.36. The summed E-state index contributed by atoms with van der Waals surface area (Å²) in [5.41, 5.74) is -0.632. The van der Waals surface area contributed by atoms with Crippen LogP contribution in [0.1, 0.15) is 18.1 Å². The van der Waals surface area contributed by atoms with E-state index in [1.54, 1.807) is 24.0 Å². The Morgan fingerprint density at radius 1 is 1.12 bits per heavy atom. The molecule has 2 aromatic carbocycles. The Bertz CT molecular complexity index is 990. The van der Waals surface area contributed by atoms with Gasteiger partial charge in [-0.1, -0.05) is 12.1 Å². The summed E-state index contributed by atoms with van der Waals surface area (Å²) in [5, 5.41) is 14.2. The molecule has 1 aliphatic heterocycles. The number of halogens is 4. The summed E-state index contributed by atoms with van der Waals surface area (Å²) in [6.45, 7) is 3.66. The molecule has 0 saturated carbocycles. The van der Waals surface area contributed by atoms with E-state index in [9.17, 15) is 32.5 Å². The molecule has 178 valence electrons. The molecule has 11 heteroatoms. The number of piperazine rings is 1. The summed E-state index contributed by atoms with van der Waals surface area (Å²) in [5.74, 6) is -0.497. The van der Waals surface area contributed by atoms with Crippen molar-refractivity contribution in [2.24, 2.45) is 0 Å². The van der Waals surface area contributed by atoms with Crippen LogP contribution in [0.25, 0.3) is 0 Å². The van der Waals surface area contributed by atoms with E-state index in [0.717, 1.165) is 17.7 Å². The number of carbonyl (C=O) groups excluding carboxylic acids is 1. The highest BCUT2D eigenvalue weighted by molar-refractivity contribution is 5.81. The number of rotatable bonds is 7. The number of nitro benzene ring substituents is 1. The highest BCUT2D eigenvalue weighted by atomic mass is 19.4. The van der Waals surface area contributed by atoms with Gasteiger partial charge in [-0.25, -0.2) is 4.39 Å². The van der Waals surface area contributed by atoms with E-state index in [4.69, 9.17) is 0 Å². The summed E-state index contributed by atoms with van der Waals surface area (Å²) in [7, 11) is 0. The molecule has 1 unspecified atom stereocenters. The number of nitrogens with one attached hydrogen (secondary N) is 1. The number of hydrogen-bond acceptors (Lipinski definition) is 5. The molecule has 1 fully saturated rings. The number of amides is 1. The summed E-state index contributed by atoms with van der Waals surface area (Å²) in [4.78, 5) is 26.6. The van der Waals surface area contributed by atoms with Gasteiger partial charge in [0.25, 0.3) is 5.69 Å². The van der Waals surface area contributed by atoms with Crippen molar-refractivity contribution in [3.05, 3.63) is 69.5 Å². The van der Waals surface area contributed by atoms with Crippen LogP contribution in [0.15, 0.2) is 42.5 Å². The maximum Gasteiger partial charge on any atom is 0.416 e. The molecule has 0 radical (unpaired) electrons. The van der Waals surface area contributed by atoms with Gasteiger partial charge in [-0.3, -0.25) is 19.8 Å². The van der Waals surface area contributed by atoms with Crippen molar-refractivity contribution in [2.75, 3.05) is 37.6 Å². The third-order valence-electron chi connectivity index (χ3n) is 5.71. The summed E-state index contributed by atoms with van der Waals surface area (Å²) in [6, 6.07) is 8.12. The lowest BCUT2D eigenvalue weighted by atomic mass is 10.1. The first-order valence-electron chi connectivity index (χ1n) is 10.4. The van der Waals surface area contributed by atoms with Crippen molar-refractivity contribution in [1.29, 1.82) is 0 Å². The fourth-order valence-electron chi connectivity index (χ4n) is 3.76. The van der Waals surface area contributed by atoms with E-state index >= 15 is 0 Å². The molecule has 1 aliphatic rings. The number of hydrogen-bond donors (Lipinski definition) is 1. The second-order valence-electron chi connectivity index (χ2n) is 7.82. The molecule has 33 heavy (non-hydrogen) atoms. The lowest BCUT2D eigenvalue weighted by molar-refractivity contribution is -0.384. The Morgan fingerprint density at radius 2 is 1.76 bits per heavy atom. The second kappa shape index (κ2) is 10.2. The van der Waals surface area contributed by atoms with Gasteiger partial charge in [-0.15, -0.1) is 0 Å². The van der Waals surface area contributed by atoms with Gasteiger partial charge in [-0.05, 0) is 43.2 Å². The van der Waals surface area contributed by atoms with Gasteiger partial charge in [0.15, 0.2) is 0 Å². The van der Waals surface area contributed by atoms with Gasteiger partial charge in [0.05, 0.1) is 16.5 Å². The third-order valence-corrected chi connectivity index (χ3v) is 5.71. The summed E-state index contributed by atoms with van der Waals surface area (Å²) >= 11 is 0. The number of nitro groups is 1. The van der Waals surface area contributed by atoms with Gasteiger partial charge >= 0.3 is 6.18 Å². The molecule has 1 saturated heterocycles. The van der Waals surface area contributed by atoms with Crippen LogP contribution in [0.5, 0.6) is 0 Å². The minimum atomic E-state index is -4.67. The number of anilines is 1. The molecule has 3 rings (SSSR count). The van der Waals surface area contributed by atoms with E-state index in [-0.39, 0.29) is 17.4 Å². The Kier molecular flexibility index (Phi) is 7.52. The molecule has 1 amide bonds. The van der Waals surface area contributed by atoms with Crippen molar-refractivity contribution in [3.8, 4) is 0 Å². The van der Waals surface area contributed by atoms with Crippen molar-refractivity contribution in [1.82, 2.24) is 10.2 Å². The van der Waals surface area contributed by atoms with Crippen LogP contribution in [0.4, 0.5) is 28.9 Å². The molecule has 1 heterocycles. The molecule has 0 bridgehead atoms. The molecule has 7 nitrogen and oxygen atoms in total. The van der Waals surface area contributed by atoms with Crippen molar-refractivity contribution in [3.63, 3.8) is 0 Å². The monoisotopic (exact) mass is 468 g/mol. The Labute approximate surface area is 188 Å². The fraction of sp³-hybridized carbons (Fsp3) is 0.409. The predicted octanol–water partition coefficient (Wildman–Crippen LogP) is 3.62. The number of alkyl halides is 3. The SMILES string of the molecule is CC(C(=O)NCCc1ccc(F)cc1)N1CCN(c2ccc(C(F)(F)F)cc2[N+](=O)[O-])CC1. The van der Waals surface area contributed by atoms with Crippen LogP contribution < -0.4 is 10.2 Å². The van der Waals surface area contributed by atoms with Crippen LogP contribution in [0.3, 0.4) is 0 Å². The predicted molar refractivity (Wildman–Crippen MR) is 114 cm³/mol. The smallest absolute Gasteiger partial charge is 0.363 e. The highest BCUT2D eigenvalue weighted by Gasteiger charge is 2.34. The maximum absolute atomic E-state index is 13.0. The number of carbonyl (C=O) groups is 1. The third kappa shape index (κ3) is 6.19. The van der Waals surface area contributed by atoms with Crippen LogP contribution in [0.2, 0.25) is 0 Å². The largest absolute Gasteiger partial charge is 0.416 e. The number of benzene rings is 2. The van der Waals surface area contributed by atoms with E-state index in [0.29, 0.717) is 45.2 Å². The first-order chi connectivity index (χ1) is 15.6. The lowest BCUT2D eigenvalue weighted by Gasteiger charge is -2.38. The van der Waals surface area contributed by atoms with Crippen LogP contribution in [-0.4, -0.2) is 54.5 Å². The zero-order chi connectivity index (χ0) is 24.2. The maximum atomic E-state index is 13.0. The van der Waals surface area contributed by atoms with Crippen molar-refractivity contribution < 1.29 is 27.3 Å². The van der Waals surface area contributed by atoms with E-state index in [1.165, 1.54) is 12.1 Å². The zero-order valence-electron chi connectivity index (χ0n) is 17.9. The number of nitrogens with zero attached hydrogens (tertiary/aromatic N) is 3. The standard InChI is InChI=1S/C22H24F4N4O3/c1-15(21(31)27-9-8-16-2-5-18(23)6-3-16)28-10-12-29(13-11-28)19-7-4-17(22(24,25)26)14-20(19)30(32)33/h2-7,14-15H,8-13H2,1H3,(H,27,31). The first-order valence-corrected chi connectivity index (χ1v) is 10.4. The normalized spacial score (nSPS) is 15.8. The van der Waals surface area contributed by atoms with Gasteiger partial charge in [-0.2, -0.15) is 13.2 Å². The fourth-order valence-corrected chi connectivity index (χ4v) is 3.76. The van der Waals surface area contributed by atoms with Gasteiger partial charge < -0.3 is 10.2 Å². The summed E-state index contributed by atoms with van der Waals surface area (Å²) < 4.78 is 51.7. The van der Waals surface area contributed by atoms with Gasteiger partial charge in [0.2, 0.25) is 5.91 Å². The van der Waals surface area contributed by atoms with Crippen LogP contribution >= 0.6 is 0 Å². The Balaban J connectivity index is 1.55. The molecular formula is C22H24F4N4O3. The average Bonchev–Trinajstić information content (AvgIpc) is 2.79. The van der Waals surface area contributed by atoms with Crippen molar-refractivity contribution >= 4 is 17.3 Å². The molecule has 0 spiro atoms. The van der Waals surface area contributed by atoms with Gasteiger partial charge in [0, 0.05) is 38.8 Å². The van der Waals surface area contributed by atoms with Crippen LogP contribution in [-0.2, 0) is 17.4 Å². The Hall–Kier alpha value is -3.21. The van der Waals surface area contributed by atoms with E-state index < -0.39 is 28.4 Å². The van der Waals surface area contributed by atoms with E-state index in [2.05, 4.69) is 5.32 Å². The summed E-state index contributed by atoms with van der Waals surface area (Å²) in [6.07, 6.45) is -4.11. The average molecular weight is 468 g/mol. The Morgan fingerprint density at radius 3 is 2.33 bits per heavy atom. The van der Waals surface area contributed by atoms with Crippen molar-refractivity contribution in [2.45, 2.75) is 25.6 Å². The van der Waals surface area contributed by atoms with Gasteiger partial charge in [0.1, 0.15) is 11.5 Å². The molecule has 1 N–H and O–H groups in total. The molecular weight excluding hydrogens is 444 g/mol. The second-order valence-corrected chi connectivity index (χ2v) is 7.82. The topological polar surface area (TPSA) is 78.7 Å². The lowest BCUT2D eigenvalue weighted by Crippen LogP contribution is -2.54. The minimum Gasteiger partial charge on any atom is -0.363 e. The first kappa shape index (κ1) is 24.4. The minimum absolute atomic E-state index is 0.129. The van der Waals surface area contributed by atoms with Crippen LogP contribution in [0, 0.1) is 15.9 Å². The molecule has 1 atom stereocenters. The zero-order valence-corrected chi connectivity index (χ0v) is 17.9.